The largest absolute Gasteiger partial charge is 0.372 e. The predicted octanol–water partition coefficient (Wildman–Crippen LogP) is 1.84. The molecule has 2 N–H and O–H groups in total. The fourth-order valence-electron chi connectivity index (χ4n) is 2.27. The molecule has 0 spiro atoms. The van der Waals surface area contributed by atoms with Gasteiger partial charge in [0.2, 0.25) is 0 Å². The zero-order valence-electron chi connectivity index (χ0n) is 11.3. The molecule has 0 amide bonds. The van der Waals surface area contributed by atoms with E-state index in [2.05, 4.69) is 28.9 Å². The smallest absolute Gasteiger partial charge is 0.270 e. The number of fused-ring (bicyclic) bond motifs is 1. The number of rotatable bonds is 5. The molecule has 0 aliphatic heterocycles. The number of aromatic amines is 2. The van der Waals surface area contributed by atoms with E-state index in [1.165, 1.54) is 0 Å². The third-order valence-corrected chi connectivity index (χ3v) is 3.13. The number of H-pyrrole nitrogens is 2. The molecule has 1 aromatic heterocycles. The predicted molar refractivity (Wildman–Crippen MR) is 78.0 cm³/mol. The zero-order valence-corrected chi connectivity index (χ0v) is 11.3. The highest BCUT2D eigenvalue weighted by molar-refractivity contribution is 5.84. The molecule has 1 aromatic carbocycles. The zero-order chi connectivity index (χ0) is 13.8. The Kier molecular flexibility index (Phi) is 4.04. The molecule has 0 aliphatic rings. The number of hydrogen-bond acceptors (Lipinski definition) is 3. The molecule has 0 fully saturated rings. The van der Waals surface area contributed by atoms with Gasteiger partial charge in [-0.25, -0.2) is 0 Å². The maximum Gasteiger partial charge on any atom is 0.270 e. The molecule has 0 radical (unpaired) electrons. The van der Waals surface area contributed by atoms with Gasteiger partial charge in [0.05, 0.1) is 10.8 Å². The summed E-state index contributed by atoms with van der Waals surface area (Å²) in [6, 6.07) is 5.42. The molecule has 0 saturated carbocycles. The molecule has 5 nitrogen and oxygen atoms in total. The number of aromatic nitrogens is 2. The lowest BCUT2D eigenvalue weighted by Gasteiger charge is -2.23. The first-order valence-electron chi connectivity index (χ1n) is 6.67. The third-order valence-electron chi connectivity index (χ3n) is 3.13. The van der Waals surface area contributed by atoms with Crippen LogP contribution in [-0.4, -0.2) is 23.3 Å². The molecule has 2 rings (SSSR count). The van der Waals surface area contributed by atoms with Crippen molar-refractivity contribution in [2.75, 3.05) is 18.0 Å². The van der Waals surface area contributed by atoms with E-state index < -0.39 is 0 Å². The minimum absolute atomic E-state index is 0.260. The van der Waals surface area contributed by atoms with Gasteiger partial charge in [-0.15, -0.1) is 0 Å². The van der Waals surface area contributed by atoms with Crippen molar-refractivity contribution in [2.24, 2.45) is 0 Å². The summed E-state index contributed by atoms with van der Waals surface area (Å²) in [5.74, 6) is 0. The topological polar surface area (TPSA) is 69.0 Å². The molecule has 0 atom stereocenters. The van der Waals surface area contributed by atoms with E-state index in [1.54, 1.807) is 12.1 Å². The summed E-state index contributed by atoms with van der Waals surface area (Å²) in [5, 5.41) is 5.57. The van der Waals surface area contributed by atoms with Crippen LogP contribution in [0.25, 0.3) is 10.8 Å². The summed E-state index contributed by atoms with van der Waals surface area (Å²) >= 11 is 0. The highest BCUT2D eigenvalue weighted by atomic mass is 16.1. The second-order valence-electron chi connectivity index (χ2n) is 4.63. The second kappa shape index (κ2) is 5.73. The van der Waals surface area contributed by atoms with Gasteiger partial charge in [-0.1, -0.05) is 13.8 Å². The van der Waals surface area contributed by atoms with Crippen LogP contribution in [0.2, 0.25) is 0 Å². The van der Waals surface area contributed by atoms with Crippen LogP contribution in [0, 0.1) is 0 Å². The maximum absolute atomic E-state index is 11.8. The standard InChI is InChI=1S/C14H19N3O2/c1-3-7-17(8-4-2)10-5-6-11-12(9-10)14(19)16-15-13(11)18/h5-6,9H,3-4,7-8H2,1-2H3,(H,15,18)(H,16,19). The Morgan fingerprint density at radius 3 is 2.11 bits per heavy atom. The lowest BCUT2D eigenvalue weighted by Crippen LogP contribution is -2.25. The van der Waals surface area contributed by atoms with Gasteiger partial charge in [0, 0.05) is 18.8 Å². The molecule has 2 aromatic rings. The molecule has 0 unspecified atom stereocenters. The van der Waals surface area contributed by atoms with Gasteiger partial charge in [-0.2, -0.15) is 0 Å². The average Bonchev–Trinajstić information content (AvgIpc) is 2.42. The van der Waals surface area contributed by atoms with Gasteiger partial charge in [-0.3, -0.25) is 19.8 Å². The Hall–Kier alpha value is -2.04. The van der Waals surface area contributed by atoms with Crippen LogP contribution in [-0.2, 0) is 0 Å². The third kappa shape index (κ3) is 2.70. The molecule has 102 valence electrons. The summed E-state index contributed by atoms with van der Waals surface area (Å²) in [4.78, 5) is 25.6. The number of anilines is 1. The fourth-order valence-corrected chi connectivity index (χ4v) is 2.27. The van der Waals surface area contributed by atoms with Crippen LogP contribution >= 0.6 is 0 Å². The Balaban J connectivity index is 2.54. The van der Waals surface area contributed by atoms with Crippen molar-refractivity contribution < 1.29 is 0 Å². The van der Waals surface area contributed by atoms with Crippen molar-refractivity contribution in [3.8, 4) is 0 Å². The SMILES string of the molecule is CCCN(CCC)c1ccc2c(=O)[nH][nH]c(=O)c2c1. The Bertz CT molecular complexity index is 666. The van der Waals surface area contributed by atoms with Gasteiger partial charge in [0.25, 0.3) is 11.1 Å². The number of nitrogens with one attached hydrogen (secondary N) is 2. The summed E-state index contributed by atoms with van der Waals surface area (Å²) in [7, 11) is 0. The van der Waals surface area contributed by atoms with Gasteiger partial charge >= 0.3 is 0 Å². The van der Waals surface area contributed by atoms with Crippen LogP contribution < -0.4 is 16.0 Å². The number of benzene rings is 1. The summed E-state index contributed by atoms with van der Waals surface area (Å²) in [5.41, 5.74) is 0.468. The minimum Gasteiger partial charge on any atom is -0.372 e. The quantitative estimate of drug-likeness (QED) is 0.863. The molecule has 19 heavy (non-hydrogen) atoms. The van der Waals surface area contributed by atoms with E-state index in [1.807, 2.05) is 6.07 Å². The van der Waals surface area contributed by atoms with E-state index in [-0.39, 0.29) is 11.1 Å². The lowest BCUT2D eigenvalue weighted by molar-refractivity contribution is 0.745. The van der Waals surface area contributed by atoms with Crippen LogP contribution in [0.3, 0.4) is 0 Å². The first-order valence-corrected chi connectivity index (χ1v) is 6.67. The average molecular weight is 261 g/mol. The molecule has 0 bridgehead atoms. The van der Waals surface area contributed by atoms with E-state index in [0.717, 1.165) is 31.6 Å². The highest BCUT2D eigenvalue weighted by Crippen LogP contribution is 2.18. The Morgan fingerprint density at radius 1 is 0.947 bits per heavy atom. The van der Waals surface area contributed by atoms with E-state index in [9.17, 15) is 9.59 Å². The van der Waals surface area contributed by atoms with Gasteiger partial charge < -0.3 is 4.90 Å². The van der Waals surface area contributed by atoms with Gasteiger partial charge in [0.1, 0.15) is 0 Å². The molecular formula is C14H19N3O2. The van der Waals surface area contributed by atoms with Crippen molar-refractivity contribution in [3.63, 3.8) is 0 Å². The first kappa shape index (κ1) is 13.4. The van der Waals surface area contributed by atoms with Gasteiger partial charge in [0.15, 0.2) is 0 Å². The normalized spacial score (nSPS) is 10.8. The minimum atomic E-state index is -0.265. The van der Waals surface area contributed by atoms with Crippen molar-refractivity contribution in [2.45, 2.75) is 26.7 Å². The van der Waals surface area contributed by atoms with Crippen molar-refractivity contribution in [1.29, 1.82) is 0 Å². The monoisotopic (exact) mass is 261 g/mol. The van der Waals surface area contributed by atoms with Crippen LogP contribution in [0.1, 0.15) is 26.7 Å². The van der Waals surface area contributed by atoms with E-state index in [4.69, 9.17) is 0 Å². The Labute approximate surface area is 111 Å². The number of nitrogens with zero attached hydrogens (tertiary/aromatic N) is 1. The summed E-state index contributed by atoms with van der Waals surface area (Å²) in [6.07, 6.45) is 2.09. The first-order chi connectivity index (χ1) is 9.17. The highest BCUT2D eigenvalue weighted by Gasteiger charge is 2.08. The molecule has 5 heteroatoms. The van der Waals surface area contributed by atoms with E-state index in [0.29, 0.717) is 10.8 Å². The summed E-state index contributed by atoms with van der Waals surface area (Å²) < 4.78 is 0. The Morgan fingerprint density at radius 2 is 1.53 bits per heavy atom. The van der Waals surface area contributed by atoms with Crippen molar-refractivity contribution in [3.05, 3.63) is 38.9 Å². The molecule has 0 aliphatic carbocycles. The molecule has 0 saturated heterocycles. The molecule has 1 heterocycles. The number of hydrogen-bond donors (Lipinski definition) is 2. The van der Waals surface area contributed by atoms with Crippen LogP contribution in [0.5, 0.6) is 0 Å². The van der Waals surface area contributed by atoms with Crippen molar-refractivity contribution in [1.82, 2.24) is 10.2 Å². The van der Waals surface area contributed by atoms with Gasteiger partial charge in [-0.05, 0) is 31.0 Å². The second-order valence-corrected chi connectivity index (χ2v) is 4.63. The summed E-state index contributed by atoms with van der Waals surface area (Å²) in [6.45, 7) is 6.14. The van der Waals surface area contributed by atoms with Crippen LogP contribution in [0.15, 0.2) is 27.8 Å². The van der Waals surface area contributed by atoms with Crippen LogP contribution in [0.4, 0.5) is 5.69 Å². The maximum atomic E-state index is 11.8. The molecular weight excluding hydrogens is 242 g/mol. The van der Waals surface area contributed by atoms with Crippen molar-refractivity contribution >= 4 is 16.5 Å². The fraction of sp³-hybridized carbons (Fsp3) is 0.429. The lowest BCUT2D eigenvalue weighted by atomic mass is 10.1. The van der Waals surface area contributed by atoms with E-state index >= 15 is 0 Å².